The average Bonchev–Trinajstić information content (AvgIpc) is 2.72. The van der Waals surface area contributed by atoms with Crippen LogP contribution in [0.2, 0.25) is 10.0 Å². The van der Waals surface area contributed by atoms with Crippen molar-refractivity contribution in [1.29, 1.82) is 0 Å². The van der Waals surface area contributed by atoms with E-state index in [9.17, 15) is 4.79 Å². The zero-order valence-electron chi connectivity index (χ0n) is 11.2. The van der Waals surface area contributed by atoms with Gasteiger partial charge < -0.3 is 9.64 Å². The number of alkyl carbamates (subject to hydrolysis) is 1. The Morgan fingerprint density at radius 3 is 2.95 bits per heavy atom. The first kappa shape index (κ1) is 14.9. The van der Waals surface area contributed by atoms with Gasteiger partial charge in [-0.05, 0) is 24.6 Å². The number of nitrogens with zero attached hydrogens (tertiary/aromatic N) is 2. The van der Waals surface area contributed by atoms with E-state index in [0.717, 1.165) is 5.56 Å². The molecule has 0 fully saturated rings. The van der Waals surface area contributed by atoms with Crippen LogP contribution in [0.1, 0.15) is 18.5 Å². The van der Waals surface area contributed by atoms with Crippen LogP contribution >= 0.6 is 23.2 Å². The predicted molar refractivity (Wildman–Crippen MR) is 79.4 cm³/mol. The molecule has 0 saturated heterocycles. The third-order valence-electron chi connectivity index (χ3n) is 3.03. The quantitative estimate of drug-likeness (QED) is 0.912. The largest absolute Gasteiger partial charge is 0.450 e. The van der Waals surface area contributed by atoms with Crippen LogP contribution in [0.15, 0.2) is 23.2 Å². The molecule has 0 saturated carbocycles. The third kappa shape index (κ3) is 3.16. The highest BCUT2D eigenvalue weighted by Crippen LogP contribution is 2.31. The van der Waals surface area contributed by atoms with Gasteiger partial charge >= 0.3 is 6.09 Å². The molecule has 20 heavy (non-hydrogen) atoms. The van der Waals surface area contributed by atoms with E-state index in [1.165, 1.54) is 0 Å². The lowest BCUT2D eigenvalue weighted by Gasteiger charge is -2.24. The van der Waals surface area contributed by atoms with Gasteiger partial charge in [0.25, 0.3) is 0 Å². The molecule has 2 rings (SSSR count). The van der Waals surface area contributed by atoms with Gasteiger partial charge in [-0.2, -0.15) is 0 Å². The number of rotatable bonds is 2. The van der Waals surface area contributed by atoms with Gasteiger partial charge in [0.2, 0.25) is 5.96 Å². The summed E-state index contributed by atoms with van der Waals surface area (Å²) in [7, 11) is 1.84. The van der Waals surface area contributed by atoms with Crippen molar-refractivity contribution in [3.8, 4) is 0 Å². The second kappa shape index (κ2) is 6.33. The maximum absolute atomic E-state index is 11.4. The van der Waals surface area contributed by atoms with Crippen molar-refractivity contribution < 1.29 is 9.53 Å². The number of ether oxygens (including phenoxy) is 1. The van der Waals surface area contributed by atoms with E-state index < -0.39 is 6.09 Å². The molecule has 0 aliphatic carbocycles. The molecule has 108 valence electrons. The normalized spacial score (nSPS) is 17.9. The number of guanidine groups is 1. The number of hydrogen-bond acceptors (Lipinski definition) is 4. The number of carbonyl (C=O) groups is 1. The molecule has 1 N–H and O–H groups in total. The topological polar surface area (TPSA) is 53.9 Å². The summed E-state index contributed by atoms with van der Waals surface area (Å²) in [6.45, 7) is 2.57. The number of benzene rings is 1. The first-order valence-electron chi connectivity index (χ1n) is 6.19. The van der Waals surface area contributed by atoms with Gasteiger partial charge in [-0.25, -0.2) is 4.79 Å². The first-order valence-corrected chi connectivity index (χ1v) is 6.94. The van der Waals surface area contributed by atoms with E-state index in [1.807, 2.05) is 18.0 Å². The summed E-state index contributed by atoms with van der Waals surface area (Å²) >= 11 is 12.1. The number of aliphatic imine (C=N–C) groups is 1. The Balaban J connectivity index is 2.09. The highest BCUT2D eigenvalue weighted by atomic mass is 35.5. The highest BCUT2D eigenvalue weighted by molar-refractivity contribution is 6.35. The maximum Gasteiger partial charge on any atom is 0.413 e. The van der Waals surface area contributed by atoms with Crippen molar-refractivity contribution in [2.24, 2.45) is 4.99 Å². The Bertz CT molecular complexity index is 548. The summed E-state index contributed by atoms with van der Waals surface area (Å²) in [6.07, 6.45) is -0.513. The third-order valence-corrected chi connectivity index (χ3v) is 3.59. The summed E-state index contributed by atoms with van der Waals surface area (Å²) in [4.78, 5) is 17.6. The van der Waals surface area contributed by atoms with E-state index in [2.05, 4.69) is 10.3 Å². The summed E-state index contributed by atoms with van der Waals surface area (Å²) in [6, 6.07) is 5.32. The monoisotopic (exact) mass is 315 g/mol. The van der Waals surface area contributed by atoms with Gasteiger partial charge in [-0.3, -0.25) is 10.3 Å². The lowest BCUT2D eigenvalue weighted by Crippen LogP contribution is -2.40. The number of carbonyl (C=O) groups excluding carboxylic acids is 1. The van der Waals surface area contributed by atoms with Gasteiger partial charge in [0.05, 0.1) is 19.2 Å². The van der Waals surface area contributed by atoms with Crippen molar-refractivity contribution in [3.05, 3.63) is 33.8 Å². The second-order valence-electron chi connectivity index (χ2n) is 4.30. The fraction of sp³-hybridized carbons (Fsp3) is 0.385. The molecule has 1 unspecified atom stereocenters. The fourth-order valence-electron chi connectivity index (χ4n) is 2.02. The van der Waals surface area contributed by atoms with Crippen LogP contribution in [-0.2, 0) is 4.74 Å². The highest BCUT2D eigenvalue weighted by Gasteiger charge is 2.28. The van der Waals surface area contributed by atoms with E-state index in [4.69, 9.17) is 27.9 Å². The van der Waals surface area contributed by atoms with Gasteiger partial charge in [0.1, 0.15) is 0 Å². The van der Waals surface area contributed by atoms with Crippen LogP contribution in [0.4, 0.5) is 4.79 Å². The maximum atomic E-state index is 11.4. The van der Waals surface area contributed by atoms with E-state index in [1.54, 1.807) is 19.1 Å². The number of likely N-dealkylation sites (N-methyl/N-ethyl adjacent to an activating group) is 1. The summed E-state index contributed by atoms with van der Waals surface area (Å²) in [5, 5.41) is 3.78. The van der Waals surface area contributed by atoms with Gasteiger partial charge in [-0.1, -0.05) is 29.3 Å². The number of hydrogen-bond donors (Lipinski definition) is 1. The van der Waals surface area contributed by atoms with Crippen LogP contribution < -0.4 is 5.32 Å². The van der Waals surface area contributed by atoms with Crippen molar-refractivity contribution in [1.82, 2.24) is 10.2 Å². The molecule has 0 bridgehead atoms. The van der Waals surface area contributed by atoms with Crippen LogP contribution in [0.5, 0.6) is 0 Å². The number of halogens is 2. The fourth-order valence-corrected chi connectivity index (χ4v) is 2.55. The minimum Gasteiger partial charge on any atom is -0.450 e. The van der Waals surface area contributed by atoms with Crippen LogP contribution in [-0.4, -0.2) is 37.2 Å². The smallest absolute Gasteiger partial charge is 0.413 e. The Morgan fingerprint density at radius 1 is 1.55 bits per heavy atom. The first-order chi connectivity index (χ1) is 9.52. The molecular formula is C13H15Cl2N3O2. The average molecular weight is 316 g/mol. The zero-order chi connectivity index (χ0) is 14.7. The van der Waals surface area contributed by atoms with Crippen molar-refractivity contribution in [2.75, 3.05) is 20.2 Å². The van der Waals surface area contributed by atoms with Crippen LogP contribution in [0.25, 0.3) is 0 Å². The summed E-state index contributed by atoms with van der Waals surface area (Å²) in [5.41, 5.74) is 0.919. The Hall–Kier alpha value is -1.46. The zero-order valence-corrected chi connectivity index (χ0v) is 12.7. The predicted octanol–water partition coefficient (Wildman–Crippen LogP) is 3.08. The molecule has 0 radical (unpaired) electrons. The molecule has 0 aromatic heterocycles. The molecule has 1 atom stereocenters. The molecular weight excluding hydrogens is 301 g/mol. The molecule has 1 aromatic rings. The lowest BCUT2D eigenvalue weighted by molar-refractivity contribution is 0.156. The lowest BCUT2D eigenvalue weighted by atomic mass is 10.1. The Labute approximate surface area is 127 Å². The summed E-state index contributed by atoms with van der Waals surface area (Å²) < 4.78 is 4.83. The van der Waals surface area contributed by atoms with Gasteiger partial charge in [0.15, 0.2) is 0 Å². The minimum absolute atomic E-state index is 0.0308. The Kier molecular flexibility index (Phi) is 4.73. The van der Waals surface area contributed by atoms with Gasteiger partial charge in [-0.15, -0.1) is 0 Å². The molecule has 5 nitrogen and oxygen atoms in total. The van der Waals surface area contributed by atoms with Crippen molar-refractivity contribution >= 4 is 35.3 Å². The van der Waals surface area contributed by atoms with E-state index >= 15 is 0 Å². The van der Waals surface area contributed by atoms with Crippen molar-refractivity contribution in [2.45, 2.75) is 13.0 Å². The Morgan fingerprint density at radius 2 is 2.30 bits per heavy atom. The number of amides is 1. The molecule has 1 aliphatic rings. The minimum atomic E-state index is -0.513. The van der Waals surface area contributed by atoms with Crippen LogP contribution in [0.3, 0.4) is 0 Å². The van der Waals surface area contributed by atoms with Gasteiger partial charge in [0, 0.05) is 17.1 Å². The van der Waals surface area contributed by atoms with Crippen molar-refractivity contribution in [3.63, 3.8) is 0 Å². The van der Waals surface area contributed by atoms with E-state index in [-0.39, 0.29) is 6.04 Å². The standard InChI is InChI=1S/C13H15Cl2N3O2/c1-3-20-13(19)17-12-16-7-11(18(12)2)9-5-4-8(14)6-10(9)15/h4-6,11H,3,7H2,1-2H3,(H,16,17,19). The molecule has 1 amide bonds. The molecule has 1 heterocycles. The molecule has 1 aromatic carbocycles. The van der Waals surface area contributed by atoms with E-state index in [0.29, 0.717) is 29.2 Å². The van der Waals surface area contributed by atoms with Crippen LogP contribution in [0, 0.1) is 0 Å². The summed E-state index contributed by atoms with van der Waals surface area (Å²) in [5.74, 6) is 0.472. The number of nitrogens with one attached hydrogen (secondary N) is 1. The molecule has 7 heteroatoms. The SMILES string of the molecule is CCOC(=O)NC1=NCC(c2ccc(Cl)cc2Cl)N1C. The molecule has 0 spiro atoms. The molecule has 1 aliphatic heterocycles. The second-order valence-corrected chi connectivity index (χ2v) is 5.15.